The Bertz CT molecular complexity index is 847. The summed E-state index contributed by atoms with van der Waals surface area (Å²) in [5.41, 5.74) is 0.970. The summed E-state index contributed by atoms with van der Waals surface area (Å²) in [7, 11) is 0. The molecule has 0 saturated carbocycles. The minimum Gasteiger partial charge on any atom is -0.467 e. The van der Waals surface area contributed by atoms with Crippen molar-refractivity contribution in [2.24, 2.45) is 0 Å². The highest BCUT2D eigenvalue weighted by Crippen LogP contribution is 2.17. The highest BCUT2D eigenvalue weighted by molar-refractivity contribution is 5.74. The molecular formula is C23H28N4O3. The van der Waals surface area contributed by atoms with Crippen molar-refractivity contribution in [3.05, 3.63) is 72.2 Å². The summed E-state index contributed by atoms with van der Waals surface area (Å²) in [4.78, 5) is 21.5. The molecule has 3 aromatic rings. The maximum Gasteiger partial charge on any atom is 0.318 e. The second kappa shape index (κ2) is 10.0. The first-order chi connectivity index (χ1) is 14.8. The van der Waals surface area contributed by atoms with Crippen molar-refractivity contribution in [1.29, 1.82) is 0 Å². The standard InChI is InChI=1S/C23H28N4O3/c28-23(27(17-20-7-5-13-29-20)18-21-8-6-14-30-21)25-16-19-9-10-22(24-15-19)26-11-3-1-2-4-12-26/h5-10,13-15H,1-4,11-12,16-18H2,(H,25,28). The van der Waals surface area contributed by atoms with Gasteiger partial charge < -0.3 is 24.0 Å². The SMILES string of the molecule is O=C(NCc1ccc(N2CCCCCC2)nc1)N(Cc1ccco1)Cc1ccco1. The molecule has 30 heavy (non-hydrogen) atoms. The molecule has 0 bridgehead atoms. The number of aromatic nitrogens is 1. The number of hydrogen-bond acceptors (Lipinski definition) is 5. The molecule has 1 saturated heterocycles. The van der Waals surface area contributed by atoms with Gasteiger partial charge in [0.2, 0.25) is 0 Å². The van der Waals surface area contributed by atoms with Gasteiger partial charge in [0.15, 0.2) is 0 Å². The highest BCUT2D eigenvalue weighted by Gasteiger charge is 2.17. The van der Waals surface area contributed by atoms with Crippen LogP contribution in [0.15, 0.2) is 64.0 Å². The van der Waals surface area contributed by atoms with Crippen LogP contribution in [-0.2, 0) is 19.6 Å². The van der Waals surface area contributed by atoms with Gasteiger partial charge in [-0.25, -0.2) is 9.78 Å². The molecule has 3 aromatic heterocycles. The largest absolute Gasteiger partial charge is 0.467 e. The van der Waals surface area contributed by atoms with Crippen LogP contribution in [0.3, 0.4) is 0 Å². The van der Waals surface area contributed by atoms with Gasteiger partial charge in [-0.15, -0.1) is 0 Å². The van der Waals surface area contributed by atoms with E-state index in [1.54, 1.807) is 17.4 Å². The zero-order valence-electron chi connectivity index (χ0n) is 17.1. The highest BCUT2D eigenvalue weighted by atomic mass is 16.3. The van der Waals surface area contributed by atoms with Gasteiger partial charge in [0.25, 0.3) is 0 Å². The molecule has 1 fully saturated rings. The van der Waals surface area contributed by atoms with E-state index in [4.69, 9.17) is 8.83 Å². The Hall–Kier alpha value is -3.22. The van der Waals surface area contributed by atoms with Crippen LogP contribution >= 0.6 is 0 Å². The van der Waals surface area contributed by atoms with Crippen molar-refractivity contribution in [2.75, 3.05) is 18.0 Å². The van der Waals surface area contributed by atoms with Gasteiger partial charge in [0.1, 0.15) is 17.3 Å². The zero-order chi connectivity index (χ0) is 20.6. The molecule has 0 radical (unpaired) electrons. The summed E-state index contributed by atoms with van der Waals surface area (Å²) >= 11 is 0. The molecule has 7 heteroatoms. The zero-order valence-corrected chi connectivity index (χ0v) is 17.1. The van der Waals surface area contributed by atoms with Crippen LogP contribution in [0.2, 0.25) is 0 Å². The summed E-state index contributed by atoms with van der Waals surface area (Å²) in [6, 6.07) is 11.3. The van der Waals surface area contributed by atoms with Crippen molar-refractivity contribution in [3.8, 4) is 0 Å². The molecular weight excluding hydrogens is 380 g/mol. The van der Waals surface area contributed by atoms with Crippen LogP contribution in [0.25, 0.3) is 0 Å². The number of carbonyl (C=O) groups is 1. The Morgan fingerprint density at radius 1 is 0.967 bits per heavy atom. The lowest BCUT2D eigenvalue weighted by Crippen LogP contribution is -2.38. The number of amides is 2. The van der Waals surface area contributed by atoms with Crippen molar-refractivity contribution < 1.29 is 13.6 Å². The van der Waals surface area contributed by atoms with Crippen LogP contribution in [0, 0.1) is 0 Å². The summed E-state index contributed by atoms with van der Waals surface area (Å²) in [5, 5.41) is 2.98. The predicted molar refractivity (Wildman–Crippen MR) is 114 cm³/mol. The Labute approximate surface area is 176 Å². The maximum absolute atomic E-state index is 12.8. The van der Waals surface area contributed by atoms with Crippen molar-refractivity contribution in [1.82, 2.24) is 15.2 Å². The van der Waals surface area contributed by atoms with E-state index in [2.05, 4.69) is 21.3 Å². The minimum atomic E-state index is -0.181. The van der Waals surface area contributed by atoms with E-state index in [0.717, 1.165) is 36.0 Å². The van der Waals surface area contributed by atoms with Gasteiger partial charge in [-0.05, 0) is 48.7 Å². The molecule has 1 aliphatic heterocycles. The fraction of sp³-hybridized carbons (Fsp3) is 0.391. The average Bonchev–Trinajstić information content (AvgIpc) is 3.41. The lowest BCUT2D eigenvalue weighted by molar-refractivity contribution is 0.181. The third-order valence-electron chi connectivity index (χ3n) is 5.32. The van der Waals surface area contributed by atoms with Crippen molar-refractivity contribution >= 4 is 11.8 Å². The maximum atomic E-state index is 12.8. The van der Waals surface area contributed by atoms with E-state index in [0.29, 0.717) is 19.6 Å². The van der Waals surface area contributed by atoms with Crippen LogP contribution < -0.4 is 10.2 Å². The Morgan fingerprint density at radius 3 is 2.17 bits per heavy atom. The number of pyridine rings is 1. The molecule has 0 atom stereocenters. The van der Waals surface area contributed by atoms with Gasteiger partial charge >= 0.3 is 6.03 Å². The molecule has 0 spiro atoms. The van der Waals surface area contributed by atoms with Gasteiger partial charge in [-0.2, -0.15) is 0 Å². The number of rotatable bonds is 7. The minimum absolute atomic E-state index is 0.181. The first kappa shape index (κ1) is 20.1. The molecule has 158 valence electrons. The predicted octanol–water partition coefficient (Wildman–Crippen LogP) is 4.56. The quantitative estimate of drug-likeness (QED) is 0.620. The smallest absolute Gasteiger partial charge is 0.318 e. The van der Waals surface area contributed by atoms with E-state index in [1.165, 1.54) is 25.7 Å². The topological polar surface area (TPSA) is 74.8 Å². The number of anilines is 1. The third-order valence-corrected chi connectivity index (χ3v) is 5.32. The van der Waals surface area contributed by atoms with Gasteiger partial charge in [0.05, 0.1) is 25.6 Å². The molecule has 7 nitrogen and oxygen atoms in total. The molecule has 0 unspecified atom stereocenters. The summed E-state index contributed by atoms with van der Waals surface area (Å²) in [5.74, 6) is 2.46. The Kier molecular flexibility index (Phi) is 6.69. The van der Waals surface area contributed by atoms with E-state index in [-0.39, 0.29) is 6.03 Å². The fourth-order valence-corrected chi connectivity index (χ4v) is 3.68. The van der Waals surface area contributed by atoms with Gasteiger partial charge in [0, 0.05) is 25.8 Å². The van der Waals surface area contributed by atoms with E-state index < -0.39 is 0 Å². The number of urea groups is 1. The second-order valence-corrected chi connectivity index (χ2v) is 7.60. The molecule has 2 amide bonds. The molecule has 0 aliphatic carbocycles. The van der Waals surface area contributed by atoms with E-state index in [1.807, 2.05) is 36.5 Å². The molecule has 4 heterocycles. The molecule has 1 N–H and O–H groups in total. The monoisotopic (exact) mass is 408 g/mol. The fourth-order valence-electron chi connectivity index (χ4n) is 3.68. The number of hydrogen-bond donors (Lipinski definition) is 1. The van der Waals surface area contributed by atoms with Crippen molar-refractivity contribution in [3.63, 3.8) is 0 Å². The summed E-state index contributed by atoms with van der Waals surface area (Å²) in [6.45, 7) is 3.28. The second-order valence-electron chi connectivity index (χ2n) is 7.60. The van der Waals surface area contributed by atoms with Crippen LogP contribution in [0.5, 0.6) is 0 Å². The van der Waals surface area contributed by atoms with Crippen LogP contribution in [-0.4, -0.2) is 29.0 Å². The van der Waals surface area contributed by atoms with Crippen LogP contribution in [0.1, 0.15) is 42.8 Å². The number of furan rings is 2. The molecule has 1 aliphatic rings. The lowest BCUT2D eigenvalue weighted by atomic mass is 10.2. The van der Waals surface area contributed by atoms with Gasteiger partial charge in [-0.1, -0.05) is 18.9 Å². The van der Waals surface area contributed by atoms with Gasteiger partial charge in [-0.3, -0.25) is 0 Å². The van der Waals surface area contributed by atoms with Crippen molar-refractivity contribution in [2.45, 2.75) is 45.3 Å². The third kappa shape index (κ3) is 5.43. The first-order valence-corrected chi connectivity index (χ1v) is 10.6. The summed E-state index contributed by atoms with van der Waals surface area (Å²) < 4.78 is 10.8. The lowest BCUT2D eigenvalue weighted by Gasteiger charge is -2.22. The van der Waals surface area contributed by atoms with E-state index in [9.17, 15) is 4.79 Å². The Morgan fingerprint density at radius 2 is 1.63 bits per heavy atom. The normalized spacial score (nSPS) is 14.3. The first-order valence-electron chi connectivity index (χ1n) is 10.6. The molecule has 4 rings (SSSR count). The van der Waals surface area contributed by atoms with Crippen LogP contribution in [0.4, 0.5) is 10.6 Å². The number of nitrogens with zero attached hydrogens (tertiary/aromatic N) is 3. The summed E-state index contributed by atoms with van der Waals surface area (Å²) in [6.07, 6.45) is 10.1. The average molecular weight is 409 g/mol. The Balaban J connectivity index is 1.35. The molecule has 0 aromatic carbocycles. The van der Waals surface area contributed by atoms with E-state index >= 15 is 0 Å². The number of nitrogens with one attached hydrogen (secondary N) is 1. The number of carbonyl (C=O) groups excluding carboxylic acids is 1.